The number of unbranched alkanes of at least 4 members (excludes halogenated alkanes) is 15. The van der Waals surface area contributed by atoms with Crippen molar-refractivity contribution in [3.8, 4) is 0 Å². The summed E-state index contributed by atoms with van der Waals surface area (Å²) in [5, 5.41) is 9.21. The van der Waals surface area contributed by atoms with Crippen LogP contribution >= 0.6 is 7.26 Å². The molecule has 0 spiro atoms. The molecule has 0 amide bonds. The molecule has 4 heteroatoms. The molecule has 0 fully saturated rings. The molecule has 0 saturated carbocycles. The number of carboxylic acids is 1. The van der Waals surface area contributed by atoms with Crippen LogP contribution in [0.1, 0.15) is 149 Å². The Kier molecular flexibility index (Phi) is 28.7. The predicted octanol–water partition coefficient (Wildman–Crippen LogP) is 9.03. The molecular formula is C28H60O2PSn+. The monoisotopic (exact) mass is 579 g/mol. The van der Waals surface area contributed by atoms with Crippen LogP contribution in [0.4, 0.5) is 0 Å². The molecule has 0 aliphatic rings. The van der Waals surface area contributed by atoms with Crippen LogP contribution in [0.5, 0.6) is 0 Å². The normalized spacial score (nSPS) is 11.5. The predicted molar refractivity (Wildman–Crippen MR) is 152 cm³/mol. The van der Waals surface area contributed by atoms with Gasteiger partial charge in [-0.2, -0.15) is 0 Å². The molecule has 2 nitrogen and oxygen atoms in total. The molecule has 0 aromatic heterocycles. The van der Waals surface area contributed by atoms with Gasteiger partial charge in [-0.25, -0.2) is 0 Å². The number of carboxylic acid groups (broad SMARTS) is 1. The van der Waals surface area contributed by atoms with E-state index in [-0.39, 0.29) is 23.9 Å². The molecule has 0 aliphatic heterocycles. The summed E-state index contributed by atoms with van der Waals surface area (Å²) in [5.74, 6) is -0.600. The van der Waals surface area contributed by atoms with Gasteiger partial charge >= 0.3 is 29.9 Å². The van der Waals surface area contributed by atoms with Crippen molar-refractivity contribution >= 4 is 37.1 Å². The average molecular weight is 578 g/mol. The molecule has 192 valence electrons. The molecule has 32 heavy (non-hydrogen) atoms. The summed E-state index contributed by atoms with van der Waals surface area (Å²) in [4.78, 5) is 11.2. The standard InChI is InChI=1S/C28H57O2P.Sn.2H/c1-4-7-10-13-16-19-24-31(27-22-23-28(29)30,25-20-17-14-11-8-5-2)26-21-18-15-12-9-6-3;;;/h4-27H2,1-3H3;;;/p+1. The Morgan fingerprint density at radius 3 is 1.09 bits per heavy atom. The molecule has 0 saturated heterocycles. The van der Waals surface area contributed by atoms with E-state index in [1.807, 2.05) is 0 Å². The maximum absolute atomic E-state index is 11.2. The van der Waals surface area contributed by atoms with Crippen molar-refractivity contribution in [2.45, 2.75) is 149 Å². The minimum absolute atomic E-state index is 0. The van der Waals surface area contributed by atoms with Gasteiger partial charge < -0.3 is 5.11 Å². The van der Waals surface area contributed by atoms with Crippen LogP contribution in [0.25, 0.3) is 0 Å². The number of hydrogen-bond acceptors (Lipinski definition) is 1. The molecule has 0 aromatic rings. The van der Waals surface area contributed by atoms with Gasteiger partial charge in [0, 0.05) is 13.7 Å². The third kappa shape index (κ3) is 22.5. The Morgan fingerprint density at radius 2 is 0.781 bits per heavy atom. The number of rotatable bonds is 25. The van der Waals surface area contributed by atoms with Gasteiger partial charge in [0.25, 0.3) is 0 Å². The van der Waals surface area contributed by atoms with E-state index in [1.165, 1.54) is 140 Å². The van der Waals surface area contributed by atoms with Crippen LogP contribution in [0, 0.1) is 0 Å². The van der Waals surface area contributed by atoms with Crippen molar-refractivity contribution < 1.29 is 9.90 Å². The van der Waals surface area contributed by atoms with E-state index in [0.717, 1.165) is 6.42 Å². The van der Waals surface area contributed by atoms with E-state index in [0.29, 0.717) is 6.42 Å². The number of carbonyl (C=O) groups is 1. The van der Waals surface area contributed by atoms with E-state index >= 15 is 0 Å². The Morgan fingerprint density at radius 1 is 0.500 bits per heavy atom. The van der Waals surface area contributed by atoms with Crippen molar-refractivity contribution in [3.63, 3.8) is 0 Å². The van der Waals surface area contributed by atoms with Gasteiger partial charge in [0.05, 0.1) is 24.6 Å². The molecule has 0 atom stereocenters. The van der Waals surface area contributed by atoms with Crippen molar-refractivity contribution in [1.29, 1.82) is 0 Å². The van der Waals surface area contributed by atoms with Crippen molar-refractivity contribution in [1.82, 2.24) is 0 Å². The second-order valence-corrected chi connectivity index (χ2v) is 14.5. The number of aliphatic carboxylic acids is 1. The summed E-state index contributed by atoms with van der Waals surface area (Å²) in [7, 11) is -0.982. The third-order valence-corrected chi connectivity index (χ3v) is 12.0. The van der Waals surface area contributed by atoms with Gasteiger partial charge in [0.15, 0.2) is 0 Å². The summed E-state index contributed by atoms with van der Waals surface area (Å²) in [6.45, 7) is 6.88. The molecule has 0 heterocycles. The van der Waals surface area contributed by atoms with E-state index in [1.54, 1.807) is 0 Å². The fourth-order valence-corrected chi connectivity index (χ4v) is 9.77. The van der Waals surface area contributed by atoms with Crippen LogP contribution in [0.3, 0.4) is 0 Å². The third-order valence-electron chi connectivity index (χ3n) is 6.98. The SMILES string of the molecule is CCCCCCCC[P+](CCCCCCCC)(CCCCCCCC)CCCC(=O)O.[SnH2]. The minimum atomic E-state index is -0.982. The van der Waals surface area contributed by atoms with Crippen molar-refractivity contribution in [3.05, 3.63) is 0 Å². The second-order valence-electron chi connectivity index (χ2n) is 10.0. The Labute approximate surface area is 220 Å². The topological polar surface area (TPSA) is 37.3 Å². The van der Waals surface area contributed by atoms with Gasteiger partial charge in [-0.05, 0) is 44.9 Å². The molecule has 1 N–H and O–H groups in total. The van der Waals surface area contributed by atoms with Crippen LogP contribution in [0.2, 0.25) is 0 Å². The molecule has 2 radical (unpaired) electrons. The first-order chi connectivity index (χ1) is 15.1. The van der Waals surface area contributed by atoms with E-state index in [4.69, 9.17) is 0 Å². The van der Waals surface area contributed by atoms with Gasteiger partial charge in [-0.1, -0.05) is 97.8 Å². The molecule has 0 aromatic carbocycles. The fraction of sp³-hybridized carbons (Fsp3) is 0.964. The van der Waals surface area contributed by atoms with E-state index < -0.39 is 13.2 Å². The van der Waals surface area contributed by atoms with Gasteiger partial charge in [0.1, 0.15) is 0 Å². The molecule has 0 bridgehead atoms. The first kappa shape index (κ1) is 34.9. The zero-order valence-electron chi connectivity index (χ0n) is 22.5. The first-order valence-electron chi connectivity index (χ1n) is 14.2. The molecule has 0 unspecified atom stereocenters. The summed E-state index contributed by atoms with van der Waals surface area (Å²) < 4.78 is 0. The Hall–Kier alpha value is 0.699. The first-order valence-corrected chi connectivity index (χ1v) is 16.7. The molecular weight excluding hydrogens is 518 g/mol. The quantitative estimate of drug-likeness (QED) is 0.0667. The summed E-state index contributed by atoms with van der Waals surface area (Å²) in [6, 6.07) is 0. The maximum atomic E-state index is 11.2. The molecule has 0 aliphatic carbocycles. The Balaban J connectivity index is 0. The van der Waals surface area contributed by atoms with Crippen LogP contribution in [-0.2, 0) is 4.79 Å². The van der Waals surface area contributed by atoms with E-state index in [2.05, 4.69) is 20.8 Å². The van der Waals surface area contributed by atoms with Gasteiger partial charge in [-0.3, -0.25) is 4.79 Å². The number of hydrogen-bond donors (Lipinski definition) is 1. The fourth-order valence-electron chi connectivity index (χ4n) is 4.92. The Bertz CT molecular complexity index is 349. The van der Waals surface area contributed by atoms with Crippen LogP contribution in [0.15, 0.2) is 0 Å². The van der Waals surface area contributed by atoms with Crippen molar-refractivity contribution in [2.24, 2.45) is 0 Å². The zero-order valence-corrected chi connectivity index (χ0v) is 27.4. The zero-order chi connectivity index (χ0) is 23.0. The summed E-state index contributed by atoms with van der Waals surface area (Å²) in [6.07, 6.45) is 31.8. The van der Waals surface area contributed by atoms with Gasteiger partial charge in [0.2, 0.25) is 0 Å². The van der Waals surface area contributed by atoms with E-state index in [9.17, 15) is 9.90 Å². The summed E-state index contributed by atoms with van der Waals surface area (Å²) in [5.41, 5.74) is 0. The second kappa shape index (κ2) is 26.3. The van der Waals surface area contributed by atoms with Crippen LogP contribution < -0.4 is 0 Å². The summed E-state index contributed by atoms with van der Waals surface area (Å²) >= 11 is 0. The average Bonchev–Trinajstić information content (AvgIpc) is 2.75. The van der Waals surface area contributed by atoms with Gasteiger partial charge in [-0.15, -0.1) is 0 Å². The van der Waals surface area contributed by atoms with Crippen LogP contribution in [-0.4, -0.2) is 59.6 Å². The molecule has 0 rings (SSSR count). The van der Waals surface area contributed by atoms with Crippen molar-refractivity contribution in [2.75, 3.05) is 24.6 Å².